The molecule has 1 aromatic rings. The molecule has 1 aromatic heterocycles. The van der Waals surface area contributed by atoms with Crippen LogP contribution in [-0.2, 0) is 0 Å². The molecule has 1 saturated carbocycles. The zero-order chi connectivity index (χ0) is 11.0. The fourth-order valence-corrected chi connectivity index (χ4v) is 1.72. The molecular formula is C12H15NO2. The van der Waals surface area contributed by atoms with Gasteiger partial charge in [0.05, 0.1) is 11.3 Å². The number of aromatic carboxylic acids is 1. The Hall–Kier alpha value is -1.38. The van der Waals surface area contributed by atoms with Crippen LogP contribution in [0.15, 0.2) is 12.1 Å². The normalized spacial score (nSPS) is 15.7. The highest BCUT2D eigenvalue weighted by atomic mass is 16.4. The second-order valence-corrected chi connectivity index (χ2v) is 4.40. The summed E-state index contributed by atoms with van der Waals surface area (Å²) in [5, 5.41) is 9.02. The summed E-state index contributed by atoms with van der Waals surface area (Å²) in [5.41, 5.74) is 2.12. The van der Waals surface area contributed by atoms with Gasteiger partial charge in [-0.1, -0.05) is 13.8 Å². The molecule has 15 heavy (non-hydrogen) atoms. The van der Waals surface area contributed by atoms with Gasteiger partial charge in [0.15, 0.2) is 0 Å². The van der Waals surface area contributed by atoms with Gasteiger partial charge in [-0.05, 0) is 30.9 Å². The van der Waals surface area contributed by atoms with E-state index in [1.165, 1.54) is 12.8 Å². The lowest BCUT2D eigenvalue weighted by Gasteiger charge is -2.10. The molecule has 2 rings (SSSR count). The zero-order valence-electron chi connectivity index (χ0n) is 9.03. The van der Waals surface area contributed by atoms with Crippen molar-refractivity contribution >= 4 is 5.97 Å². The number of rotatable bonds is 3. The highest BCUT2D eigenvalue weighted by Gasteiger charge is 2.26. The van der Waals surface area contributed by atoms with Gasteiger partial charge < -0.3 is 5.11 Å². The van der Waals surface area contributed by atoms with Gasteiger partial charge in [0.25, 0.3) is 0 Å². The van der Waals surface area contributed by atoms with E-state index in [1.807, 2.05) is 19.9 Å². The Morgan fingerprint density at radius 1 is 1.47 bits per heavy atom. The predicted octanol–water partition coefficient (Wildman–Crippen LogP) is 2.78. The van der Waals surface area contributed by atoms with Gasteiger partial charge in [-0.25, -0.2) is 4.79 Å². The SMILES string of the molecule is CC(C)c1nc(C2CC2)ccc1C(=O)O. The Morgan fingerprint density at radius 2 is 2.13 bits per heavy atom. The zero-order valence-corrected chi connectivity index (χ0v) is 9.03. The van der Waals surface area contributed by atoms with E-state index in [0.717, 1.165) is 5.69 Å². The van der Waals surface area contributed by atoms with Crippen LogP contribution < -0.4 is 0 Å². The topological polar surface area (TPSA) is 50.2 Å². The summed E-state index contributed by atoms with van der Waals surface area (Å²) in [6.45, 7) is 3.96. The Morgan fingerprint density at radius 3 is 2.60 bits per heavy atom. The fourth-order valence-electron chi connectivity index (χ4n) is 1.72. The minimum Gasteiger partial charge on any atom is -0.478 e. The molecule has 80 valence electrons. The van der Waals surface area contributed by atoms with Crippen molar-refractivity contribution in [2.75, 3.05) is 0 Å². The van der Waals surface area contributed by atoms with Gasteiger partial charge in [0, 0.05) is 11.6 Å². The summed E-state index contributed by atoms with van der Waals surface area (Å²) in [7, 11) is 0. The molecule has 3 heteroatoms. The molecule has 1 aliphatic rings. The monoisotopic (exact) mass is 205 g/mol. The molecule has 0 aromatic carbocycles. The van der Waals surface area contributed by atoms with Crippen molar-refractivity contribution in [3.05, 3.63) is 29.1 Å². The molecule has 0 atom stereocenters. The molecule has 3 nitrogen and oxygen atoms in total. The van der Waals surface area contributed by atoms with E-state index in [1.54, 1.807) is 6.07 Å². The van der Waals surface area contributed by atoms with E-state index < -0.39 is 5.97 Å². The number of hydrogen-bond acceptors (Lipinski definition) is 2. The van der Waals surface area contributed by atoms with Crippen molar-refractivity contribution in [3.8, 4) is 0 Å². The van der Waals surface area contributed by atoms with Crippen LogP contribution in [0.2, 0.25) is 0 Å². The van der Waals surface area contributed by atoms with Crippen LogP contribution in [-0.4, -0.2) is 16.1 Å². The number of pyridine rings is 1. The lowest BCUT2D eigenvalue weighted by molar-refractivity contribution is 0.0694. The molecule has 0 unspecified atom stereocenters. The van der Waals surface area contributed by atoms with Crippen molar-refractivity contribution in [2.45, 2.75) is 38.5 Å². The summed E-state index contributed by atoms with van der Waals surface area (Å²) in [5.74, 6) is -0.145. The van der Waals surface area contributed by atoms with Gasteiger partial charge in [-0.3, -0.25) is 4.98 Å². The van der Waals surface area contributed by atoms with Gasteiger partial charge in [0.1, 0.15) is 0 Å². The predicted molar refractivity (Wildman–Crippen MR) is 57.3 cm³/mol. The number of hydrogen-bond donors (Lipinski definition) is 1. The van der Waals surface area contributed by atoms with E-state index in [0.29, 0.717) is 17.2 Å². The lowest BCUT2D eigenvalue weighted by atomic mass is 10.0. The van der Waals surface area contributed by atoms with Crippen molar-refractivity contribution in [3.63, 3.8) is 0 Å². The average Bonchev–Trinajstić information content (AvgIpc) is 2.99. The van der Waals surface area contributed by atoms with E-state index >= 15 is 0 Å². The fraction of sp³-hybridized carbons (Fsp3) is 0.500. The van der Waals surface area contributed by atoms with Gasteiger partial charge in [-0.15, -0.1) is 0 Å². The van der Waals surface area contributed by atoms with Gasteiger partial charge in [-0.2, -0.15) is 0 Å². The van der Waals surface area contributed by atoms with Crippen molar-refractivity contribution in [1.82, 2.24) is 4.98 Å². The minimum absolute atomic E-state index is 0.162. The van der Waals surface area contributed by atoms with Crippen LogP contribution in [0.1, 0.15) is 60.3 Å². The third-order valence-electron chi connectivity index (χ3n) is 2.72. The maximum atomic E-state index is 11.0. The second-order valence-electron chi connectivity index (χ2n) is 4.40. The van der Waals surface area contributed by atoms with Crippen molar-refractivity contribution in [2.24, 2.45) is 0 Å². The van der Waals surface area contributed by atoms with E-state index in [4.69, 9.17) is 5.11 Å². The Kier molecular flexibility index (Phi) is 2.47. The van der Waals surface area contributed by atoms with E-state index in [2.05, 4.69) is 4.98 Å². The number of carboxylic acid groups (broad SMARTS) is 1. The van der Waals surface area contributed by atoms with Crippen LogP contribution >= 0.6 is 0 Å². The molecule has 0 radical (unpaired) electrons. The maximum absolute atomic E-state index is 11.0. The van der Waals surface area contributed by atoms with Crippen LogP contribution in [0.5, 0.6) is 0 Å². The summed E-state index contributed by atoms with van der Waals surface area (Å²) >= 11 is 0. The largest absolute Gasteiger partial charge is 0.478 e. The van der Waals surface area contributed by atoms with Crippen LogP contribution in [0.4, 0.5) is 0 Å². The first-order valence-corrected chi connectivity index (χ1v) is 5.33. The molecule has 1 N–H and O–H groups in total. The van der Waals surface area contributed by atoms with E-state index in [-0.39, 0.29) is 5.92 Å². The summed E-state index contributed by atoms with van der Waals surface area (Å²) < 4.78 is 0. The first-order valence-electron chi connectivity index (χ1n) is 5.33. The molecule has 1 fully saturated rings. The minimum atomic E-state index is -0.881. The number of carbonyl (C=O) groups is 1. The molecule has 1 heterocycles. The quantitative estimate of drug-likeness (QED) is 0.825. The third kappa shape index (κ3) is 2.01. The highest BCUT2D eigenvalue weighted by molar-refractivity contribution is 5.89. The first kappa shape index (κ1) is 10.1. The first-order chi connectivity index (χ1) is 7.09. The molecular weight excluding hydrogens is 190 g/mol. The molecule has 1 aliphatic carbocycles. The van der Waals surface area contributed by atoms with Crippen LogP contribution in [0, 0.1) is 0 Å². The van der Waals surface area contributed by atoms with Crippen molar-refractivity contribution < 1.29 is 9.90 Å². The standard InChI is InChI=1S/C12H15NO2/c1-7(2)11-9(12(14)15)5-6-10(13-11)8-3-4-8/h5-8H,3-4H2,1-2H3,(H,14,15). The average molecular weight is 205 g/mol. The Bertz CT molecular complexity index is 395. The highest BCUT2D eigenvalue weighted by Crippen LogP contribution is 2.39. The van der Waals surface area contributed by atoms with Crippen LogP contribution in [0.3, 0.4) is 0 Å². The molecule has 0 bridgehead atoms. The lowest BCUT2D eigenvalue weighted by Crippen LogP contribution is -2.07. The van der Waals surface area contributed by atoms with E-state index in [9.17, 15) is 4.79 Å². The third-order valence-corrected chi connectivity index (χ3v) is 2.72. The Balaban J connectivity index is 2.43. The summed E-state index contributed by atoms with van der Waals surface area (Å²) in [6.07, 6.45) is 2.38. The molecule has 0 saturated heterocycles. The number of aromatic nitrogens is 1. The molecule has 0 aliphatic heterocycles. The van der Waals surface area contributed by atoms with Gasteiger partial charge in [0.2, 0.25) is 0 Å². The molecule has 0 spiro atoms. The summed E-state index contributed by atoms with van der Waals surface area (Å²) in [4.78, 5) is 15.5. The number of carboxylic acids is 1. The van der Waals surface area contributed by atoms with Crippen molar-refractivity contribution in [1.29, 1.82) is 0 Å². The Labute approximate surface area is 89.2 Å². The number of nitrogens with zero attached hydrogens (tertiary/aromatic N) is 1. The smallest absolute Gasteiger partial charge is 0.337 e. The van der Waals surface area contributed by atoms with Gasteiger partial charge >= 0.3 is 5.97 Å². The second kappa shape index (κ2) is 3.65. The summed E-state index contributed by atoms with van der Waals surface area (Å²) in [6, 6.07) is 3.55. The van der Waals surface area contributed by atoms with Crippen LogP contribution in [0.25, 0.3) is 0 Å². The molecule has 0 amide bonds. The maximum Gasteiger partial charge on any atom is 0.337 e.